The largest absolute Gasteiger partial charge is 0.451 e. The second kappa shape index (κ2) is 7.28. The van der Waals surface area contributed by atoms with E-state index in [1.807, 2.05) is 13.8 Å². The maximum absolute atomic E-state index is 12.8. The van der Waals surface area contributed by atoms with Crippen LogP contribution in [0.2, 0.25) is 0 Å². The molecule has 0 radical (unpaired) electrons. The van der Waals surface area contributed by atoms with Crippen molar-refractivity contribution >= 4 is 11.6 Å². The molecule has 0 amide bonds. The fraction of sp³-hybridized carbons (Fsp3) is 0.667. The van der Waals surface area contributed by atoms with Crippen molar-refractivity contribution in [3.05, 3.63) is 11.9 Å². The van der Waals surface area contributed by atoms with Crippen molar-refractivity contribution in [1.82, 2.24) is 9.97 Å². The monoisotopic (exact) mass is 292 g/mol. The zero-order valence-corrected chi connectivity index (χ0v) is 11.8. The highest BCUT2D eigenvalue weighted by Gasteiger charge is 2.35. The van der Waals surface area contributed by atoms with Crippen LogP contribution in [-0.2, 0) is 10.9 Å². The molecule has 0 aliphatic heterocycles. The third-order valence-corrected chi connectivity index (χ3v) is 2.64. The van der Waals surface area contributed by atoms with Gasteiger partial charge in [0.25, 0.3) is 0 Å². The maximum Gasteiger partial charge on any atom is 0.451 e. The minimum atomic E-state index is -4.57. The van der Waals surface area contributed by atoms with E-state index in [2.05, 4.69) is 15.3 Å². The summed E-state index contributed by atoms with van der Waals surface area (Å²) in [7, 11) is 1.52. The summed E-state index contributed by atoms with van der Waals surface area (Å²) in [5, 5.41) is 2.62. The number of nitrogens with one attached hydrogen (secondary N) is 1. The van der Waals surface area contributed by atoms with Crippen LogP contribution in [0.5, 0.6) is 0 Å². The fourth-order valence-corrected chi connectivity index (χ4v) is 1.61. The van der Waals surface area contributed by atoms with E-state index in [1.165, 1.54) is 13.1 Å². The van der Waals surface area contributed by atoms with Gasteiger partial charge >= 0.3 is 6.18 Å². The quantitative estimate of drug-likeness (QED) is 0.782. The van der Waals surface area contributed by atoms with Gasteiger partial charge in [-0.05, 0) is 13.8 Å². The maximum atomic E-state index is 12.8. The number of ether oxygens (including phenoxy) is 1. The van der Waals surface area contributed by atoms with Crippen molar-refractivity contribution in [2.75, 3.05) is 43.6 Å². The molecule has 0 saturated carbocycles. The minimum Gasteiger partial charge on any atom is -0.380 e. The lowest BCUT2D eigenvalue weighted by molar-refractivity contribution is -0.144. The average molecular weight is 292 g/mol. The Bertz CT molecular complexity index is 426. The van der Waals surface area contributed by atoms with Crippen LogP contribution in [-0.4, -0.2) is 43.3 Å². The molecule has 1 aromatic heterocycles. The number of anilines is 2. The van der Waals surface area contributed by atoms with Crippen molar-refractivity contribution in [1.29, 1.82) is 0 Å². The lowest BCUT2D eigenvalue weighted by Crippen LogP contribution is -2.29. The van der Waals surface area contributed by atoms with Gasteiger partial charge in [-0.15, -0.1) is 0 Å². The van der Waals surface area contributed by atoms with Crippen molar-refractivity contribution in [3.63, 3.8) is 0 Å². The van der Waals surface area contributed by atoms with Gasteiger partial charge in [-0.1, -0.05) is 0 Å². The third kappa shape index (κ3) is 4.52. The summed E-state index contributed by atoms with van der Waals surface area (Å²) in [6.07, 6.45) is -4.57. The van der Waals surface area contributed by atoms with Gasteiger partial charge < -0.3 is 15.0 Å². The molecule has 114 valence electrons. The number of halogens is 3. The molecule has 1 N–H and O–H groups in total. The third-order valence-electron chi connectivity index (χ3n) is 2.64. The highest BCUT2D eigenvalue weighted by Crippen LogP contribution is 2.29. The summed E-state index contributed by atoms with van der Waals surface area (Å²) >= 11 is 0. The Balaban J connectivity index is 3.02. The van der Waals surface area contributed by atoms with Crippen molar-refractivity contribution in [2.45, 2.75) is 20.0 Å². The van der Waals surface area contributed by atoms with Gasteiger partial charge in [-0.2, -0.15) is 13.2 Å². The van der Waals surface area contributed by atoms with Gasteiger partial charge in [0.05, 0.1) is 6.61 Å². The van der Waals surface area contributed by atoms with E-state index >= 15 is 0 Å². The zero-order chi connectivity index (χ0) is 15.2. The number of alkyl halides is 3. The zero-order valence-electron chi connectivity index (χ0n) is 11.8. The average Bonchev–Trinajstić information content (AvgIpc) is 2.42. The summed E-state index contributed by atoms with van der Waals surface area (Å²) in [5.41, 5.74) is 0. The number of hydrogen-bond acceptors (Lipinski definition) is 5. The summed E-state index contributed by atoms with van der Waals surface area (Å²) in [6.45, 7) is 5.72. The molecule has 8 heteroatoms. The number of aromatic nitrogens is 2. The van der Waals surface area contributed by atoms with E-state index in [4.69, 9.17) is 4.74 Å². The molecular weight excluding hydrogens is 273 g/mol. The molecule has 0 unspecified atom stereocenters. The van der Waals surface area contributed by atoms with E-state index in [0.717, 1.165) is 0 Å². The van der Waals surface area contributed by atoms with E-state index in [9.17, 15) is 13.2 Å². The Hall–Kier alpha value is -1.57. The minimum absolute atomic E-state index is 0.136. The molecule has 0 aliphatic rings. The molecule has 0 atom stereocenters. The highest BCUT2D eigenvalue weighted by atomic mass is 19.4. The SMILES string of the molecule is CCOCCN(CC)c1cc(NC)nc(C(F)(F)F)n1. The number of likely N-dealkylation sites (N-methyl/N-ethyl adjacent to an activating group) is 1. The first-order chi connectivity index (χ1) is 9.42. The topological polar surface area (TPSA) is 50.3 Å². The Kier molecular flexibility index (Phi) is 6.00. The summed E-state index contributed by atoms with van der Waals surface area (Å²) in [4.78, 5) is 8.74. The number of rotatable bonds is 7. The first-order valence-corrected chi connectivity index (χ1v) is 6.39. The first-order valence-electron chi connectivity index (χ1n) is 6.39. The standard InChI is InChI=1S/C12H19F3N4O/c1-4-19(6-7-20-5-2)10-8-9(16-3)17-11(18-10)12(13,14)15/h8H,4-7H2,1-3H3,(H,16,17,18). The van der Waals surface area contributed by atoms with Crippen LogP contribution in [0.4, 0.5) is 24.8 Å². The van der Waals surface area contributed by atoms with Crippen LogP contribution in [0.25, 0.3) is 0 Å². The summed E-state index contributed by atoms with van der Waals surface area (Å²) in [5.74, 6) is -0.773. The first kappa shape index (κ1) is 16.5. The van der Waals surface area contributed by atoms with Crippen LogP contribution in [0.15, 0.2) is 6.07 Å². The normalized spacial score (nSPS) is 11.5. The van der Waals surface area contributed by atoms with Gasteiger partial charge in [-0.3, -0.25) is 0 Å². The number of nitrogens with zero attached hydrogens (tertiary/aromatic N) is 3. The van der Waals surface area contributed by atoms with E-state index in [-0.39, 0.29) is 11.6 Å². The Morgan fingerprint density at radius 1 is 1.30 bits per heavy atom. The molecule has 1 aromatic rings. The molecule has 0 spiro atoms. The predicted octanol–water partition coefficient (Wildman–Crippen LogP) is 2.40. The Morgan fingerprint density at radius 3 is 2.50 bits per heavy atom. The van der Waals surface area contributed by atoms with Crippen LogP contribution in [0.3, 0.4) is 0 Å². The molecule has 1 rings (SSSR count). The molecular formula is C12H19F3N4O. The lowest BCUT2D eigenvalue weighted by Gasteiger charge is -2.23. The Labute approximate surface area is 116 Å². The van der Waals surface area contributed by atoms with Gasteiger partial charge in [0, 0.05) is 32.8 Å². The molecule has 0 aliphatic carbocycles. The molecule has 0 aromatic carbocycles. The fourth-order valence-electron chi connectivity index (χ4n) is 1.61. The molecule has 1 heterocycles. The van der Waals surface area contributed by atoms with E-state index in [1.54, 1.807) is 4.90 Å². The summed E-state index contributed by atoms with van der Waals surface area (Å²) < 4.78 is 43.5. The predicted molar refractivity (Wildman–Crippen MR) is 71.0 cm³/mol. The van der Waals surface area contributed by atoms with Crippen LogP contribution in [0, 0.1) is 0 Å². The number of hydrogen-bond donors (Lipinski definition) is 1. The van der Waals surface area contributed by atoms with Gasteiger partial charge in [-0.25, -0.2) is 9.97 Å². The molecule has 5 nitrogen and oxygen atoms in total. The second-order valence-corrected chi connectivity index (χ2v) is 3.96. The van der Waals surface area contributed by atoms with E-state index in [0.29, 0.717) is 26.3 Å². The summed E-state index contributed by atoms with van der Waals surface area (Å²) in [6, 6.07) is 1.49. The molecule has 0 fully saturated rings. The molecule has 0 saturated heterocycles. The van der Waals surface area contributed by atoms with Crippen molar-refractivity contribution in [2.24, 2.45) is 0 Å². The van der Waals surface area contributed by atoms with Gasteiger partial charge in [0.2, 0.25) is 5.82 Å². The molecule has 0 bridgehead atoms. The van der Waals surface area contributed by atoms with E-state index < -0.39 is 12.0 Å². The van der Waals surface area contributed by atoms with Crippen molar-refractivity contribution < 1.29 is 17.9 Å². The smallest absolute Gasteiger partial charge is 0.380 e. The van der Waals surface area contributed by atoms with Crippen LogP contribution >= 0.6 is 0 Å². The lowest BCUT2D eigenvalue weighted by atomic mass is 10.4. The van der Waals surface area contributed by atoms with Gasteiger partial charge in [0.1, 0.15) is 11.6 Å². The van der Waals surface area contributed by atoms with Crippen LogP contribution in [0.1, 0.15) is 19.7 Å². The van der Waals surface area contributed by atoms with Gasteiger partial charge in [0.15, 0.2) is 0 Å². The van der Waals surface area contributed by atoms with Crippen molar-refractivity contribution in [3.8, 4) is 0 Å². The Morgan fingerprint density at radius 2 is 2.00 bits per heavy atom. The second-order valence-electron chi connectivity index (χ2n) is 3.96. The highest BCUT2D eigenvalue weighted by molar-refractivity contribution is 5.49. The molecule has 20 heavy (non-hydrogen) atoms. The van der Waals surface area contributed by atoms with Crippen LogP contribution < -0.4 is 10.2 Å².